The molecule has 0 bridgehead atoms. The number of amides is 1. The van der Waals surface area contributed by atoms with E-state index in [-0.39, 0.29) is 11.8 Å². The number of nitrogens with one attached hydrogen (secondary N) is 1. The molecule has 1 aromatic carbocycles. The van der Waals surface area contributed by atoms with Crippen molar-refractivity contribution < 1.29 is 19.1 Å². The van der Waals surface area contributed by atoms with Gasteiger partial charge >= 0.3 is 5.97 Å². The average molecular weight is 235 g/mol. The fraction of sp³-hybridized carbons (Fsp3) is 0.333. The molecular formula is C12H13NO4. The molecule has 1 atom stereocenters. The SMILES string of the molecule is COC(=O)c1ccc2c(c1)NC(=O)C(C)CO2. The van der Waals surface area contributed by atoms with Gasteiger partial charge in [0.1, 0.15) is 5.75 Å². The maximum atomic E-state index is 11.6. The summed E-state index contributed by atoms with van der Waals surface area (Å²) in [6.45, 7) is 2.11. The van der Waals surface area contributed by atoms with E-state index >= 15 is 0 Å². The Kier molecular flexibility index (Phi) is 2.99. The van der Waals surface area contributed by atoms with Gasteiger partial charge in [0.25, 0.3) is 0 Å². The molecule has 5 heteroatoms. The lowest BCUT2D eigenvalue weighted by Gasteiger charge is -2.08. The third-order valence-electron chi connectivity index (χ3n) is 2.59. The number of methoxy groups -OCH3 is 1. The molecule has 0 aliphatic carbocycles. The molecule has 0 spiro atoms. The molecule has 0 aromatic heterocycles. The molecule has 1 aliphatic heterocycles. The minimum atomic E-state index is -0.445. The van der Waals surface area contributed by atoms with Gasteiger partial charge in [-0.25, -0.2) is 4.79 Å². The van der Waals surface area contributed by atoms with Crippen LogP contribution in [-0.2, 0) is 9.53 Å². The van der Waals surface area contributed by atoms with Gasteiger partial charge in [-0.05, 0) is 18.2 Å². The monoisotopic (exact) mass is 235 g/mol. The number of ether oxygens (including phenoxy) is 2. The van der Waals surface area contributed by atoms with E-state index in [2.05, 4.69) is 10.1 Å². The van der Waals surface area contributed by atoms with E-state index in [0.29, 0.717) is 23.6 Å². The van der Waals surface area contributed by atoms with Gasteiger partial charge in [-0.1, -0.05) is 6.92 Å². The molecule has 1 aliphatic rings. The molecule has 2 rings (SSSR count). The number of carbonyl (C=O) groups excluding carboxylic acids is 2. The van der Waals surface area contributed by atoms with Crippen LogP contribution in [0, 0.1) is 5.92 Å². The fourth-order valence-electron chi connectivity index (χ4n) is 1.54. The van der Waals surface area contributed by atoms with Crippen molar-refractivity contribution in [3.63, 3.8) is 0 Å². The number of benzene rings is 1. The maximum Gasteiger partial charge on any atom is 0.337 e. The van der Waals surface area contributed by atoms with Crippen LogP contribution in [0.25, 0.3) is 0 Å². The second kappa shape index (κ2) is 4.45. The summed E-state index contributed by atoms with van der Waals surface area (Å²) in [6, 6.07) is 4.81. The minimum Gasteiger partial charge on any atom is -0.491 e. The summed E-state index contributed by atoms with van der Waals surface area (Å²) in [6.07, 6.45) is 0. The number of fused-ring (bicyclic) bond motifs is 1. The molecule has 0 fully saturated rings. The fourth-order valence-corrected chi connectivity index (χ4v) is 1.54. The van der Waals surface area contributed by atoms with E-state index in [4.69, 9.17) is 4.74 Å². The van der Waals surface area contributed by atoms with Gasteiger partial charge in [-0.15, -0.1) is 0 Å². The molecule has 1 heterocycles. The van der Waals surface area contributed by atoms with Crippen LogP contribution in [0.1, 0.15) is 17.3 Å². The van der Waals surface area contributed by atoms with Crippen LogP contribution in [0.15, 0.2) is 18.2 Å². The van der Waals surface area contributed by atoms with Crippen LogP contribution in [0.3, 0.4) is 0 Å². The van der Waals surface area contributed by atoms with Crippen LogP contribution in [-0.4, -0.2) is 25.6 Å². The Labute approximate surface area is 98.7 Å². The Morgan fingerprint density at radius 3 is 3.00 bits per heavy atom. The first-order chi connectivity index (χ1) is 8.11. The molecule has 1 N–H and O–H groups in total. The van der Waals surface area contributed by atoms with E-state index in [1.807, 2.05) is 0 Å². The second-order valence-corrected chi connectivity index (χ2v) is 3.90. The highest BCUT2D eigenvalue weighted by Crippen LogP contribution is 2.29. The highest BCUT2D eigenvalue weighted by molar-refractivity contribution is 5.97. The Morgan fingerprint density at radius 2 is 2.29 bits per heavy atom. The predicted octanol–water partition coefficient (Wildman–Crippen LogP) is 1.44. The lowest BCUT2D eigenvalue weighted by molar-refractivity contribution is -0.119. The number of hydrogen-bond acceptors (Lipinski definition) is 4. The van der Waals surface area contributed by atoms with Crippen LogP contribution in [0.2, 0.25) is 0 Å². The van der Waals surface area contributed by atoms with Gasteiger partial charge in [-0.3, -0.25) is 4.79 Å². The number of anilines is 1. The molecule has 5 nitrogen and oxygen atoms in total. The predicted molar refractivity (Wildman–Crippen MR) is 61.1 cm³/mol. The summed E-state index contributed by atoms with van der Waals surface area (Å²) in [5.74, 6) is -0.218. The summed E-state index contributed by atoms with van der Waals surface area (Å²) in [5, 5.41) is 2.72. The van der Waals surface area contributed by atoms with E-state index in [1.165, 1.54) is 7.11 Å². The lowest BCUT2D eigenvalue weighted by Crippen LogP contribution is -2.22. The van der Waals surface area contributed by atoms with E-state index in [9.17, 15) is 9.59 Å². The van der Waals surface area contributed by atoms with Crippen molar-refractivity contribution in [2.24, 2.45) is 5.92 Å². The van der Waals surface area contributed by atoms with Crippen molar-refractivity contribution in [2.75, 3.05) is 19.0 Å². The van der Waals surface area contributed by atoms with Crippen molar-refractivity contribution in [1.29, 1.82) is 0 Å². The van der Waals surface area contributed by atoms with Crippen molar-refractivity contribution in [3.05, 3.63) is 23.8 Å². The average Bonchev–Trinajstić information content (AvgIpc) is 2.48. The maximum absolute atomic E-state index is 11.6. The third-order valence-corrected chi connectivity index (χ3v) is 2.59. The minimum absolute atomic E-state index is 0.120. The van der Waals surface area contributed by atoms with Gasteiger partial charge in [-0.2, -0.15) is 0 Å². The molecule has 90 valence electrons. The Hall–Kier alpha value is -2.04. The smallest absolute Gasteiger partial charge is 0.337 e. The van der Waals surface area contributed by atoms with Crippen molar-refractivity contribution in [1.82, 2.24) is 0 Å². The third kappa shape index (κ3) is 2.22. The van der Waals surface area contributed by atoms with E-state index < -0.39 is 5.97 Å². The molecule has 1 amide bonds. The number of hydrogen-bond donors (Lipinski definition) is 1. The van der Waals surface area contributed by atoms with Crippen LogP contribution in [0.4, 0.5) is 5.69 Å². The van der Waals surface area contributed by atoms with Crippen molar-refractivity contribution in [3.8, 4) is 5.75 Å². The highest BCUT2D eigenvalue weighted by atomic mass is 16.5. The molecule has 0 saturated carbocycles. The molecule has 17 heavy (non-hydrogen) atoms. The first kappa shape index (κ1) is 11.4. The van der Waals surface area contributed by atoms with Crippen molar-refractivity contribution in [2.45, 2.75) is 6.92 Å². The van der Waals surface area contributed by atoms with Gasteiger partial charge in [0, 0.05) is 0 Å². The quantitative estimate of drug-likeness (QED) is 0.748. The lowest BCUT2D eigenvalue weighted by atomic mass is 10.1. The zero-order valence-corrected chi connectivity index (χ0v) is 9.65. The normalized spacial score (nSPS) is 18.5. The number of carbonyl (C=O) groups is 2. The Morgan fingerprint density at radius 1 is 1.53 bits per heavy atom. The van der Waals surface area contributed by atoms with Gasteiger partial charge < -0.3 is 14.8 Å². The molecule has 0 saturated heterocycles. The summed E-state index contributed by atoms with van der Waals surface area (Å²) in [4.78, 5) is 23.0. The van der Waals surface area contributed by atoms with Crippen molar-refractivity contribution >= 4 is 17.6 Å². The number of rotatable bonds is 1. The second-order valence-electron chi connectivity index (χ2n) is 3.90. The first-order valence-electron chi connectivity index (χ1n) is 5.28. The summed E-state index contributed by atoms with van der Waals surface area (Å²) < 4.78 is 10.1. The van der Waals surface area contributed by atoms with Crippen LogP contribution < -0.4 is 10.1 Å². The number of esters is 1. The molecule has 1 aromatic rings. The van der Waals surface area contributed by atoms with Crippen LogP contribution >= 0.6 is 0 Å². The Balaban J connectivity index is 2.35. The van der Waals surface area contributed by atoms with Gasteiger partial charge in [0.05, 0.1) is 30.9 Å². The van der Waals surface area contributed by atoms with E-state index in [0.717, 1.165) is 0 Å². The zero-order chi connectivity index (χ0) is 12.4. The molecule has 1 unspecified atom stereocenters. The largest absolute Gasteiger partial charge is 0.491 e. The summed E-state index contributed by atoms with van der Waals surface area (Å²) in [7, 11) is 1.31. The zero-order valence-electron chi connectivity index (χ0n) is 9.65. The first-order valence-corrected chi connectivity index (χ1v) is 5.28. The topological polar surface area (TPSA) is 64.6 Å². The molecular weight excluding hydrogens is 222 g/mol. The van der Waals surface area contributed by atoms with Crippen LogP contribution in [0.5, 0.6) is 5.75 Å². The van der Waals surface area contributed by atoms with Gasteiger partial charge in [0.2, 0.25) is 5.91 Å². The standard InChI is InChI=1S/C12H13NO4/c1-7-6-17-10-4-3-8(12(15)16-2)5-9(10)13-11(7)14/h3-5,7H,6H2,1-2H3,(H,13,14). The molecule has 0 radical (unpaired) electrons. The summed E-state index contributed by atoms with van der Waals surface area (Å²) >= 11 is 0. The van der Waals surface area contributed by atoms with Gasteiger partial charge in [0.15, 0.2) is 0 Å². The highest BCUT2D eigenvalue weighted by Gasteiger charge is 2.21. The van der Waals surface area contributed by atoms with E-state index in [1.54, 1.807) is 25.1 Å². The summed E-state index contributed by atoms with van der Waals surface area (Å²) in [5.41, 5.74) is 0.881. The Bertz CT molecular complexity index is 470.